The summed E-state index contributed by atoms with van der Waals surface area (Å²) in [7, 11) is 0. The Morgan fingerprint density at radius 3 is 2.75 bits per heavy atom. The molecule has 4 aromatic rings. The van der Waals surface area contributed by atoms with Gasteiger partial charge in [-0.05, 0) is 42.0 Å². The van der Waals surface area contributed by atoms with Crippen molar-refractivity contribution in [1.29, 1.82) is 0 Å². The van der Waals surface area contributed by atoms with E-state index in [0.717, 1.165) is 5.56 Å². The normalized spacial score (nSPS) is 10.7. The summed E-state index contributed by atoms with van der Waals surface area (Å²) in [6.45, 7) is 0.412. The maximum atomic E-state index is 13.3. The van der Waals surface area contributed by atoms with E-state index in [1.165, 1.54) is 48.7 Å². The summed E-state index contributed by atoms with van der Waals surface area (Å²) in [6, 6.07) is 15.0. The molecule has 0 aliphatic rings. The van der Waals surface area contributed by atoms with Gasteiger partial charge in [-0.25, -0.2) is 4.39 Å². The smallest absolute Gasteiger partial charge is 0.291 e. The number of carbonyl (C=O) groups excluding carboxylic acids is 1. The molecule has 162 valence electrons. The van der Waals surface area contributed by atoms with Crippen molar-refractivity contribution in [2.24, 2.45) is 0 Å². The number of hydrogen-bond acceptors (Lipinski definition) is 6. The van der Waals surface area contributed by atoms with Crippen LogP contribution in [0, 0.1) is 15.9 Å². The predicted molar refractivity (Wildman–Crippen MR) is 112 cm³/mol. The highest BCUT2D eigenvalue weighted by Crippen LogP contribution is 2.19. The quantitative estimate of drug-likeness (QED) is 0.324. The minimum atomic E-state index is -0.494. The molecule has 32 heavy (non-hydrogen) atoms. The molecule has 0 unspecified atom stereocenters. The number of non-ortho nitro benzene ring substituents is 1. The molecule has 0 radical (unpaired) electrons. The van der Waals surface area contributed by atoms with Gasteiger partial charge in [-0.1, -0.05) is 12.1 Å². The molecule has 2 aromatic heterocycles. The highest BCUT2D eigenvalue weighted by Gasteiger charge is 2.13. The number of furan rings is 1. The van der Waals surface area contributed by atoms with Gasteiger partial charge < -0.3 is 14.5 Å². The number of anilines is 1. The van der Waals surface area contributed by atoms with Crippen LogP contribution in [0.4, 0.5) is 15.8 Å². The molecule has 0 aliphatic carbocycles. The molecule has 2 aromatic carbocycles. The third-order valence-electron chi connectivity index (χ3n) is 4.44. The number of hydrogen-bond donors (Lipinski definition) is 1. The van der Waals surface area contributed by atoms with Crippen LogP contribution in [0.5, 0.6) is 5.75 Å². The molecular weight excluding hydrogens is 419 g/mol. The first-order chi connectivity index (χ1) is 15.5. The topological polar surface area (TPSA) is 112 Å². The summed E-state index contributed by atoms with van der Waals surface area (Å²) in [5.74, 6) is 0.149. The van der Waals surface area contributed by atoms with Crippen LogP contribution >= 0.6 is 0 Å². The van der Waals surface area contributed by atoms with Crippen LogP contribution in [0.1, 0.15) is 21.9 Å². The Balaban J connectivity index is 1.32. The fourth-order valence-corrected chi connectivity index (χ4v) is 2.93. The Hall–Kier alpha value is -4.47. The van der Waals surface area contributed by atoms with Gasteiger partial charge in [-0.15, -0.1) is 0 Å². The van der Waals surface area contributed by atoms with Gasteiger partial charge in [0.1, 0.15) is 23.9 Å². The molecule has 0 bridgehead atoms. The van der Waals surface area contributed by atoms with Crippen molar-refractivity contribution in [2.75, 3.05) is 5.32 Å². The maximum Gasteiger partial charge on any atom is 0.291 e. The molecule has 1 N–H and O–H groups in total. The first-order valence-corrected chi connectivity index (χ1v) is 9.50. The zero-order valence-electron chi connectivity index (χ0n) is 16.6. The molecule has 10 heteroatoms. The molecule has 1 amide bonds. The van der Waals surface area contributed by atoms with Crippen molar-refractivity contribution >= 4 is 17.3 Å². The number of benzene rings is 2. The zero-order valence-corrected chi connectivity index (χ0v) is 16.6. The molecule has 0 atom stereocenters. The largest absolute Gasteiger partial charge is 0.486 e. The van der Waals surface area contributed by atoms with Gasteiger partial charge in [-0.3, -0.25) is 19.6 Å². The Morgan fingerprint density at radius 1 is 1.19 bits per heavy atom. The Bertz CT molecular complexity index is 1250. The highest BCUT2D eigenvalue weighted by atomic mass is 19.1. The number of carbonyl (C=O) groups is 1. The number of nitrogens with zero attached hydrogens (tertiary/aromatic N) is 3. The van der Waals surface area contributed by atoms with Crippen LogP contribution in [0.25, 0.3) is 0 Å². The van der Waals surface area contributed by atoms with Crippen molar-refractivity contribution in [1.82, 2.24) is 9.78 Å². The van der Waals surface area contributed by atoms with Crippen LogP contribution in [0.15, 0.2) is 77.5 Å². The Labute approximate surface area is 181 Å². The van der Waals surface area contributed by atoms with Crippen molar-refractivity contribution in [3.8, 4) is 5.75 Å². The Kier molecular flexibility index (Phi) is 5.93. The van der Waals surface area contributed by atoms with Crippen LogP contribution < -0.4 is 10.1 Å². The molecule has 0 fully saturated rings. The maximum absolute atomic E-state index is 13.3. The van der Waals surface area contributed by atoms with Gasteiger partial charge in [0.15, 0.2) is 5.76 Å². The number of halogens is 1. The SMILES string of the molecule is O=C(Nc1cnn(Cc2cccc(F)c2)c1)c1ccc(COc2ccc([N+](=O)[O-])cc2)o1. The number of nitro groups is 1. The highest BCUT2D eigenvalue weighted by molar-refractivity contribution is 6.02. The molecule has 0 aliphatic heterocycles. The fourth-order valence-electron chi connectivity index (χ4n) is 2.93. The zero-order chi connectivity index (χ0) is 22.5. The van der Waals surface area contributed by atoms with Crippen molar-refractivity contribution in [3.05, 3.63) is 106 Å². The number of ether oxygens (including phenoxy) is 1. The number of aromatic nitrogens is 2. The summed E-state index contributed by atoms with van der Waals surface area (Å²) >= 11 is 0. The molecule has 9 nitrogen and oxygen atoms in total. The summed E-state index contributed by atoms with van der Waals surface area (Å²) < 4.78 is 25.9. The Morgan fingerprint density at radius 2 is 2.00 bits per heavy atom. The van der Waals surface area contributed by atoms with E-state index in [2.05, 4.69) is 10.4 Å². The second kappa shape index (κ2) is 9.13. The van der Waals surface area contributed by atoms with Crippen LogP contribution in [-0.4, -0.2) is 20.6 Å². The van der Waals surface area contributed by atoms with E-state index in [9.17, 15) is 19.3 Å². The lowest BCUT2D eigenvalue weighted by Crippen LogP contribution is -2.10. The lowest BCUT2D eigenvalue weighted by Gasteiger charge is -2.04. The average Bonchev–Trinajstić information content (AvgIpc) is 3.42. The number of rotatable bonds is 8. The number of amides is 1. The average molecular weight is 436 g/mol. The third kappa shape index (κ3) is 5.17. The fraction of sp³-hybridized carbons (Fsp3) is 0.0909. The molecule has 0 saturated heterocycles. The standard InChI is InChI=1S/C22H17FN4O5/c23-16-3-1-2-15(10-16)12-26-13-17(11-24-26)25-22(28)21-9-8-20(32-21)14-31-19-6-4-18(5-7-19)27(29)30/h1-11,13H,12,14H2,(H,25,28). The van der Waals surface area contributed by atoms with Crippen molar-refractivity contribution in [2.45, 2.75) is 13.2 Å². The van der Waals surface area contributed by atoms with E-state index >= 15 is 0 Å². The monoisotopic (exact) mass is 436 g/mol. The summed E-state index contributed by atoms with van der Waals surface area (Å²) in [6.07, 6.45) is 3.11. The molecule has 4 rings (SSSR count). The third-order valence-corrected chi connectivity index (χ3v) is 4.44. The molecule has 0 spiro atoms. The van der Waals surface area contributed by atoms with Crippen LogP contribution in [-0.2, 0) is 13.2 Å². The van der Waals surface area contributed by atoms with Gasteiger partial charge in [0.25, 0.3) is 11.6 Å². The predicted octanol–water partition coefficient (Wildman–Crippen LogP) is 4.40. The van der Waals surface area contributed by atoms with E-state index in [4.69, 9.17) is 9.15 Å². The van der Waals surface area contributed by atoms with Gasteiger partial charge in [0.2, 0.25) is 0 Å². The molecular formula is C22H17FN4O5. The number of nitro benzene ring substituents is 1. The van der Waals surface area contributed by atoms with E-state index in [1.54, 1.807) is 29.1 Å². The van der Waals surface area contributed by atoms with Crippen LogP contribution in [0.3, 0.4) is 0 Å². The lowest BCUT2D eigenvalue weighted by atomic mass is 10.2. The molecule has 2 heterocycles. The molecule has 0 saturated carbocycles. The summed E-state index contributed by atoms with van der Waals surface area (Å²) in [5, 5.41) is 17.5. The summed E-state index contributed by atoms with van der Waals surface area (Å²) in [4.78, 5) is 22.6. The minimum Gasteiger partial charge on any atom is -0.486 e. The second-order valence-electron chi connectivity index (χ2n) is 6.82. The van der Waals surface area contributed by atoms with Crippen molar-refractivity contribution in [3.63, 3.8) is 0 Å². The minimum absolute atomic E-state index is 0.0337. The van der Waals surface area contributed by atoms with Gasteiger partial charge in [0.05, 0.1) is 23.4 Å². The van der Waals surface area contributed by atoms with Crippen LogP contribution in [0.2, 0.25) is 0 Å². The summed E-state index contributed by atoms with van der Waals surface area (Å²) in [5.41, 5.74) is 1.18. The number of nitrogens with one attached hydrogen (secondary N) is 1. The van der Waals surface area contributed by atoms with Gasteiger partial charge in [0, 0.05) is 18.3 Å². The van der Waals surface area contributed by atoms with E-state index in [-0.39, 0.29) is 23.9 Å². The van der Waals surface area contributed by atoms with Crippen molar-refractivity contribution < 1.29 is 23.3 Å². The van der Waals surface area contributed by atoms with Gasteiger partial charge >= 0.3 is 0 Å². The first-order valence-electron chi connectivity index (χ1n) is 9.50. The van der Waals surface area contributed by atoms with E-state index in [1.807, 2.05) is 0 Å². The van der Waals surface area contributed by atoms with Gasteiger partial charge in [-0.2, -0.15) is 5.10 Å². The first kappa shape index (κ1) is 20.8. The van der Waals surface area contributed by atoms with E-state index < -0.39 is 10.8 Å². The lowest BCUT2D eigenvalue weighted by molar-refractivity contribution is -0.384. The van der Waals surface area contributed by atoms with E-state index in [0.29, 0.717) is 23.7 Å². The second-order valence-corrected chi connectivity index (χ2v) is 6.82.